The summed E-state index contributed by atoms with van der Waals surface area (Å²) in [6.07, 6.45) is 10.3. The molecule has 0 aromatic carbocycles. The minimum atomic E-state index is -0.567. The average molecular weight is 582 g/mol. The van der Waals surface area contributed by atoms with Crippen molar-refractivity contribution in [2.75, 3.05) is 0 Å². The highest BCUT2D eigenvalue weighted by molar-refractivity contribution is 7.09. The van der Waals surface area contributed by atoms with Gasteiger partial charge in [-0.15, -0.1) is 11.3 Å². The number of hydrogen-bond acceptors (Lipinski definition) is 6. The van der Waals surface area contributed by atoms with E-state index in [-0.39, 0.29) is 57.6 Å². The minimum absolute atomic E-state index is 0.0276. The number of ketones is 1. The van der Waals surface area contributed by atoms with Crippen LogP contribution in [0.5, 0.6) is 0 Å². The number of fused-ring (bicyclic) bond motifs is 7. The largest absolute Gasteiger partial charge is 0.459 e. The first-order chi connectivity index (χ1) is 19.0. The molecule has 226 valence electrons. The van der Waals surface area contributed by atoms with Crippen LogP contribution in [0.15, 0.2) is 17.0 Å². The van der Waals surface area contributed by atoms with Crippen LogP contribution in [0.25, 0.3) is 0 Å². The van der Waals surface area contributed by atoms with Crippen LogP contribution in [0.3, 0.4) is 0 Å². The zero-order chi connectivity index (χ0) is 29.8. The van der Waals surface area contributed by atoms with E-state index in [0.29, 0.717) is 11.7 Å². The lowest BCUT2D eigenvalue weighted by Gasteiger charge is -2.70. The lowest BCUT2D eigenvalue weighted by atomic mass is 9.33. The Hall–Kier alpha value is -1.53. The number of allylic oxidation sites excluding steroid dienone is 2. The Morgan fingerprint density at radius 3 is 2.41 bits per heavy atom. The summed E-state index contributed by atoms with van der Waals surface area (Å²) in [7, 11) is 0. The summed E-state index contributed by atoms with van der Waals surface area (Å²) in [5.41, 5.74) is 1.16. The smallest absolute Gasteiger partial charge is 0.312 e. The standard InChI is InChI=1S/C35H51NO4S/c1-21-36-22(20-41-21)19-40-29(39)32(5)14-13-31(4)15-16-34(7)23(24(31)18-32)17-25(37)28-33(6)11-10-27(38)30(2,3)26(33)9-12-35(28,34)8/h17,20,24,26-28,38H,9-16,18-19H2,1-8H3/t24-,26-,27-,28+,31+,32-,33-,34+,35+/m0/s1. The van der Waals surface area contributed by atoms with Gasteiger partial charge in [-0.3, -0.25) is 9.59 Å². The maximum absolute atomic E-state index is 14.5. The maximum atomic E-state index is 14.5. The van der Waals surface area contributed by atoms with Crippen LogP contribution in [-0.2, 0) is 20.9 Å². The van der Waals surface area contributed by atoms with Crippen molar-refractivity contribution in [2.45, 2.75) is 126 Å². The molecule has 1 N–H and O–H groups in total. The number of nitrogens with zero attached hydrogens (tertiary/aromatic N) is 1. The molecule has 0 unspecified atom stereocenters. The molecule has 1 aromatic rings. The summed E-state index contributed by atoms with van der Waals surface area (Å²) in [5, 5.41) is 13.9. The summed E-state index contributed by atoms with van der Waals surface area (Å²) in [4.78, 5) is 32.6. The van der Waals surface area contributed by atoms with Crippen LogP contribution in [0.1, 0.15) is 117 Å². The first kappa shape index (κ1) is 29.5. The molecule has 0 bridgehead atoms. The predicted molar refractivity (Wildman–Crippen MR) is 162 cm³/mol. The van der Waals surface area contributed by atoms with Crippen LogP contribution < -0.4 is 0 Å². The summed E-state index contributed by atoms with van der Waals surface area (Å²) < 4.78 is 5.88. The SMILES string of the molecule is Cc1nc(COC(=O)[C@@]2(C)CC[C@]3(C)CC[C@]4(C)C(=CC(=O)[C@@H]5[C@@]6(C)CC[C@H](O)C(C)(C)[C@@H]6CC[C@]54C)[C@@H]3C2)cs1. The number of aromatic nitrogens is 1. The van der Waals surface area contributed by atoms with Gasteiger partial charge < -0.3 is 9.84 Å². The number of aryl methyl sites for hydroxylation is 1. The molecule has 0 aliphatic heterocycles. The summed E-state index contributed by atoms with van der Waals surface area (Å²) in [5.74, 6) is 0.686. The van der Waals surface area contributed by atoms with Crippen LogP contribution in [-0.4, -0.2) is 27.9 Å². The molecule has 6 heteroatoms. The van der Waals surface area contributed by atoms with Crippen molar-refractivity contribution in [1.82, 2.24) is 4.98 Å². The highest BCUT2D eigenvalue weighted by Crippen LogP contribution is 2.75. The van der Waals surface area contributed by atoms with Crippen molar-refractivity contribution in [3.63, 3.8) is 0 Å². The van der Waals surface area contributed by atoms with E-state index in [0.717, 1.165) is 68.5 Å². The first-order valence-corrected chi connectivity index (χ1v) is 16.9. The second-order valence-corrected chi connectivity index (χ2v) is 17.6. The number of esters is 1. The monoisotopic (exact) mass is 581 g/mol. The first-order valence-electron chi connectivity index (χ1n) is 16.0. The molecule has 4 fully saturated rings. The summed E-state index contributed by atoms with van der Waals surface area (Å²) in [6.45, 7) is 18.4. The highest BCUT2D eigenvalue weighted by atomic mass is 32.1. The molecule has 5 nitrogen and oxygen atoms in total. The predicted octanol–water partition coefficient (Wildman–Crippen LogP) is 7.84. The van der Waals surface area contributed by atoms with Gasteiger partial charge in [-0.1, -0.05) is 47.1 Å². The van der Waals surface area contributed by atoms with Gasteiger partial charge in [-0.25, -0.2) is 4.98 Å². The molecule has 0 saturated heterocycles. The number of carbonyl (C=O) groups excluding carboxylic acids is 2. The van der Waals surface area contributed by atoms with Gasteiger partial charge in [0.05, 0.1) is 22.2 Å². The van der Waals surface area contributed by atoms with Crippen LogP contribution in [0.4, 0.5) is 0 Å². The molecule has 0 amide bonds. The molecule has 4 saturated carbocycles. The van der Waals surface area contributed by atoms with Crippen molar-refractivity contribution in [2.24, 2.45) is 50.2 Å². The third-order valence-corrected chi connectivity index (χ3v) is 14.9. The quantitative estimate of drug-likeness (QED) is 0.368. The Morgan fingerprint density at radius 1 is 1.02 bits per heavy atom. The zero-order valence-electron chi connectivity index (χ0n) is 26.6. The van der Waals surface area contributed by atoms with Gasteiger partial charge in [0.15, 0.2) is 5.78 Å². The fourth-order valence-electron chi connectivity index (χ4n) is 11.1. The normalized spacial score (nSPS) is 46.9. The van der Waals surface area contributed by atoms with E-state index >= 15 is 0 Å². The Balaban J connectivity index is 1.34. The molecule has 0 spiro atoms. The minimum Gasteiger partial charge on any atom is -0.459 e. The number of ether oxygens (including phenoxy) is 1. The number of thiazole rings is 1. The number of aliphatic hydroxyl groups is 1. The summed E-state index contributed by atoms with van der Waals surface area (Å²) >= 11 is 1.58. The number of carbonyl (C=O) groups is 2. The van der Waals surface area contributed by atoms with Gasteiger partial charge in [0, 0.05) is 11.3 Å². The van der Waals surface area contributed by atoms with Gasteiger partial charge in [-0.2, -0.15) is 0 Å². The third kappa shape index (κ3) is 4.05. The van der Waals surface area contributed by atoms with E-state index in [1.165, 1.54) is 5.57 Å². The van der Waals surface area contributed by atoms with E-state index < -0.39 is 5.41 Å². The van der Waals surface area contributed by atoms with Crippen LogP contribution >= 0.6 is 11.3 Å². The molecule has 5 aliphatic carbocycles. The van der Waals surface area contributed by atoms with E-state index in [1.807, 2.05) is 12.3 Å². The molecule has 41 heavy (non-hydrogen) atoms. The topological polar surface area (TPSA) is 76.5 Å². The van der Waals surface area contributed by atoms with E-state index in [1.54, 1.807) is 11.3 Å². The van der Waals surface area contributed by atoms with Gasteiger partial charge in [0.2, 0.25) is 0 Å². The zero-order valence-corrected chi connectivity index (χ0v) is 27.4. The average Bonchev–Trinajstić information content (AvgIpc) is 3.32. The van der Waals surface area contributed by atoms with E-state index in [2.05, 4.69) is 59.5 Å². The van der Waals surface area contributed by atoms with Crippen molar-refractivity contribution in [3.8, 4) is 0 Å². The van der Waals surface area contributed by atoms with Crippen molar-refractivity contribution >= 4 is 23.1 Å². The van der Waals surface area contributed by atoms with Crippen molar-refractivity contribution in [1.29, 1.82) is 0 Å². The van der Waals surface area contributed by atoms with Crippen molar-refractivity contribution < 1.29 is 19.4 Å². The Kier molecular flexibility index (Phi) is 6.65. The fourth-order valence-corrected chi connectivity index (χ4v) is 11.7. The molecule has 1 aromatic heterocycles. The molecule has 5 aliphatic rings. The second-order valence-electron chi connectivity index (χ2n) is 16.6. The Labute approximate surface area is 250 Å². The molecule has 0 radical (unpaired) electrons. The molecule has 6 rings (SSSR count). The lowest BCUT2D eigenvalue weighted by Crippen LogP contribution is -2.66. The lowest BCUT2D eigenvalue weighted by molar-refractivity contribution is -0.202. The van der Waals surface area contributed by atoms with Gasteiger partial charge >= 0.3 is 5.97 Å². The maximum Gasteiger partial charge on any atom is 0.312 e. The van der Waals surface area contributed by atoms with Gasteiger partial charge in [-0.05, 0) is 117 Å². The van der Waals surface area contributed by atoms with Crippen LogP contribution in [0, 0.1) is 57.2 Å². The summed E-state index contributed by atoms with van der Waals surface area (Å²) in [6, 6.07) is 0. The molecule has 1 heterocycles. The van der Waals surface area contributed by atoms with Crippen molar-refractivity contribution in [3.05, 3.63) is 27.7 Å². The Bertz CT molecular complexity index is 1300. The van der Waals surface area contributed by atoms with Gasteiger partial charge in [0.1, 0.15) is 6.61 Å². The number of hydrogen-bond donors (Lipinski definition) is 1. The highest BCUT2D eigenvalue weighted by Gasteiger charge is 2.70. The third-order valence-electron chi connectivity index (χ3n) is 14.1. The van der Waals surface area contributed by atoms with E-state index in [4.69, 9.17) is 4.74 Å². The Morgan fingerprint density at radius 2 is 1.73 bits per heavy atom. The van der Waals surface area contributed by atoms with Gasteiger partial charge in [0.25, 0.3) is 0 Å². The number of rotatable bonds is 3. The molecule has 9 atom stereocenters. The van der Waals surface area contributed by atoms with Crippen LogP contribution in [0.2, 0.25) is 0 Å². The second kappa shape index (κ2) is 9.24. The molecular formula is C35H51NO4S. The number of aliphatic hydroxyl groups excluding tert-OH is 1. The molecular weight excluding hydrogens is 530 g/mol. The fraction of sp³-hybridized carbons (Fsp3) is 0.800. The van der Waals surface area contributed by atoms with E-state index in [9.17, 15) is 14.7 Å².